The predicted molar refractivity (Wildman–Crippen MR) is 90.4 cm³/mol. The van der Waals surface area contributed by atoms with Gasteiger partial charge in [-0.05, 0) is 41.2 Å². The molecule has 0 saturated heterocycles. The number of hydrogen-bond acceptors (Lipinski definition) is 0. The molecule has 2 unspecified atom stereocenters. The zero-order chi connectivity index (χ0) is 15.6. The molecule has 0 N–H and O–H groups in total. The fourth-order valence-corrected chi connectivity index (χ4v) is 3.66. The van der Waals surface area contributed by atoms with Gasteiger partial charge in [-0.2, -0.15) is 0 Å². The van der Waals surface area contributed by atoms with E-state index in [1.807, 2.05) is 30.3 Å². The Kier molecular flexibility index (Phi) is 4.93. The Morgan fingerprint density at radius 2 is 1.67 bits per heavy atom. The number of hydrogen-bond donors (Lipinski definition) is 0. The van der Waals surface area contributed by atoms with Gasteiger partial charge in [-0.25, -0.2) is 4.39 Å². The van der Waals surface area contributed by atoms with Crippen molar-refractivity contribution < 1.29 is 4.39 Å². The number of rotatable bonds is 4. The van der Waals surface area contributed by atoms with Crippen LogP contribution in [0.25, 0.3) is 10.8 Å². The molecule has 0 heterocycles. The third-order valence-electron chi connectivity index (χ3n) is 3.81. The number of alkyl halides is 1. The van der Waals surface area contributed by atoms with Gasteiger partial charge in [0.15, 0.2) is 0 Å². The lowest BCUT2D eigenvalue weighted by Gasteiger charge is -2.25. The van der Waals surface area contributed by atoms with Gasteiger partial charge in [0.25, 0.3) is 0 Å². The Balaban J connectivity index is 2.24. The molecule has 0 radical (unpaired) electrons. The monoisotopic (exact) mass is 306 g/mol. The van der Waals surface area contributed by atoms with Crippen LogP contribution in [0.4, 0.5) is 4.39 Å². The highest BCUT2D eigenvalue weighted by Crippen LogP contribution is 2.37. The molecule has 0 spiro atoms. The van der Waals surface area contributed by atoms with Gasteiger partial charge in [0.2, 0.25) is 0 Å². The van der Waals surface area contributed by atoms with Crippen LogP contribution in [0.2, 0.25) is 0 Å². The first-order valence-electron chi connectivity index (χ1n) is 7.59. The molecule has 2 heteroatoms. The second-order valence-corrected chi connectivity index (χ2v) is 7.78. The average Bonchev–Trinajstić information content (AvgIpc) is 2.37. The normalized spacial score (nSPS) is 15.1. The summed E-state index contributed by atoms with van der Waals surface area (Å²) in [6, 6.07) is 10.9. The molecule has 2 rings (SSSR count). The van der Waals surface area contributed by atoms with Gasteiger partial charge in [0, 0.05) is 5.39 Å². The van der Waals surface area contributed by atoms with Crippen molar-refractivity contribution >= 4 is 22.4 Å². The summed E-state index contributed by atoms with van der Waals surface area (Å²) in [4.78, 5) is 0. The van der Waals surface area contributed by atoms with Crippen molar-refractivity contribution in [3.05, 3.63) is 47.8 Å². The first-order chi connectivity index (χ1) is 9.78. The SMILES string of the molecule is CC(CC(Cl)c1ccc(F)c2ccccc12)CC(C)(C)C. The Labute approximate surface area is 132 Å². The van der Waals surface area contributed by atoms with Crippen LogP contribution >= 0.6 is 11.6 Å². The Bertz CT molecular complexity index is 612. The average molecular weight is 307 g/mol. The summed E-state index contributed by atoms with van der Waals surface area (Å²) in [6.45, 7) is 8.99. The first-order valence-corrected chi connectivity index (χ1v) is 8.03. The lowest BCUT2D eigenvalue weighted by Crippen LogP contribution is -2.12. The van der Waals surface area contributed by atoms with Crippen molar-refractivity contribution in [2.75, 3.05) is 0 Å². The topological polar surface area (TPSA) is 0 Å². The zero-order valence-corrected chi connectivity index (χ0v) is 14.0. The van der Waals surface area contributed by atoms with Gasteiger partial charge < -0.3 is 0 Å². The highest BCUT2D eigenvalue weighted by Gasteiger charge is 2.20. The highest BCUT2D eigenvalue weighted by atomic mass is 35.5. The van der Waals surface area contributed by atoms with E-state index in [-0.39, 0.29) is 11.2 Å². The Hall–Kier alpha value is -1.08. The van der Waals surface area contributed by atoms with Gasteiger partial charge in [-0.1, -0.05) is 58.0 Å². The molecular formula is C19H24ClF. The summed E-state index contributed by atoms with van der Waals surface area (Å²) in [5, 5.41) is 1.51. The summed E-state index contributed by atoms with van der Waals surface area (Å²) in [7, 11) is 0. The standard InChI is InChI=1S/C19H24ClF/c1-13(12-19(2,3)4)11-17(20)15-9-10-18(21)16-8-6-5-7-14(15)16/h5-10,13,17H,11-12H2,1-4H3. The van der Waals surface area contributed by atoms with Crippen molar-refractivity contribution in [3.8, 4) is 0 Å². The van der Waals surface area contributed by atoms with Gasteiger partial charge >= 0.3 is 0 Å². The van der Waals surface area contributed by atoms with E-state index in [0.717, 1.165) is 23.8 Å². The molecule has 0 amide bonds. The minimum atomic E-state index is -0.180. The third-order valence-corrected chi connectivity index (χ3v) is 4.23. The lowest BCUT2D eigenvalue weighted by atomic mass is 9.83. The molecule has 0 aliphatic rings. The molecule has 0 aliphatic heterocycles. The van der Waals surface area contributed by atoms with Crippen molar-refractivity contribution in [2.24, 2.45) is 11.3 Å². The first kappa shape index (κ1) is 16.3. The molecule has 2 atom stereocenters. The van der Waals surface area contributed by atoms with Crippen LogP contribution in [0.3, 0.4) is 0 Å². The second kappa shape index (κ2) is 6.36. The Morgan fingerprint density at radius 1 is 1.05 bits per heavy atom. The molecule has 0 bridgehead atoms. The van der Waals surface area contributed by atoms with E-state index >= 15 is 0 Å². The minimum Gasteiger partial charge on any atom is -0.206 e. The van der Waals surface area contributed by atoms with E-state index in [1.54, 1.807) is 0 Å². The second-order valence-electron chi connectivity index (χ2n) is 7.26. The van der Waals surface area contributed by atoms with Crippen molar-refractivity contribution in [2.45, 2.75) is 45.9 Å². The van der Waals surface area contributed by atoms with Crippen LogP contribution < -0.4 is 0 Å². The van der Waals surface area contributed by atoms with Gasteiger partial charge in [-0.3, -0.25) is 0 Å². The summed E-state index contributed by atoms with van der Waals surface area (Å²) in [5.74, 6) is 0.359. The van der Waals surface area contributed by atoms with Crippen LogP contribution in [0, 0.1) is 17.2 Å². The fourth-order valence-electron chi connectivity index (χ4n) is 3.17. The van der Waals surface area contributed by atoms with E-state index in [4.69, 9.17) is 11.6 Å². The summed E-state index contributed by atoms with van der Waals surface area (Å²) >= 11 is 6.64. The molecule has 21 heavy (non-hydrogen) atoms. The third kappa shape index (κ3) is 4.20. The van der Waals surface area contributed by atoms with E-state index in [1.165, 1.54) is 6.07 Å². The number of halogens is 2. The summed E-state index contributed by atoms with van der Waals surface area (Å²) in [5.41, 5.74) is 1.34. The molecule has 2 aromatic carbocycles. The maximum Gasteiger partial charge on any atom is 0.131 e. The van der Waals surface area contributed by atoms with Crippen molar-refractivity contribution in [3.63, 3.8) is 0 Å². The Morgan fingerprint density at radius 3 is 2.29 bits per heavy atom. The van der Waals surface area contributed by atoms with E-state index < -0.39 is 0 Å². The van der Waals surface area contributed by atoms with Crippen LogP contribution in [-0.4, -0.2) is 0 Å². The largest absolute Gasteiger partial charge is 0.206 e. The summed E-state index contributed by atoms with van der Waals surface area (Å²) < 4.78 is 13.9. The zero-order valence-electron chi connectivity index (χ0n) is 13.3. The van der Waals surface area contributed by atoms with E-state index in [9.17, 15) is 4.39 Å². The molecule has 2 aromatic rings. The van der Waals surface area contributed by atoms with Crippen LogP contribution in [-0.2, 0) is 0 Å². The van der Waals surface area contributed by atoms with Crippen molar-refractivity contribution in [1.29, 1.82) is 0 Å². The molecule has 114 valence electrons. The summed E-state index contributed by atoms with van der Waals surface area (Å²) in [6.07, 6.45) is 2.05. The molecular weight excluding hydrogens is 283 g/mol. The molecule has 0 saturated carbocycles. The highest BCUT2D eigenvalue weighted by molar-refractivity contribution is 6.21. The predicted octanol–water partition coefficient (Wildman–Crippen LogP) is 6.72. The lowest BCUT2D eigenvalue weighted by molar-refractivity contribution is 0.295. The molecule has 0 nitrogen and oxygen atoms in total. The van der Waals surface area contributed by atoms with Gasteiger partial charge in [0.05, 0.1) is 5.38 Å². The van der Waals surface area contributed by atoms with Gasteiger partial charge in [0.1, 0.15) is 5.82 Å². The maximum atomic E-state index is 13.9. The number of fused-ring (bicyclic) bond motifs is 1. The fraction of sp³-hybridized carbons (Fsp3) is 0.474. The minimum absolute atomic E-state index is 0.0761. The van der Waals surface area contributed by atoms with Crippen LogP contribution in [0.1, 0.15) is 51.5 Å². The van der Waals surface area contributed by atoms with Crippen LogP contribution in [0.15, 0.2) is 36.4 Å². The van der Waals surface area contributed by atoms with Crippen LogP contribution in [0.5, 0.6) is 0 Å². The van der Waals surface area contributed by atoms with E-state index in [0.29, 0.717) is 16.7 Å². The van der Waals surface area contributed by atoms with Crippen molar-refractivity contribution in [1.82, 2.24) is 0 Å². The van der Waals surface area contributed by atoms with E-state index in [2.05, 4.69) is 27.7 Å². The number of benzene rings is 2. The quantitative estimate of drug-likeness (QED) is 0.550. The molecule has 0 aliphatic carbocycles. The smallest absolute Gasteiger partial charge is 0.131 e. The maximum absolute atomic E-state index is 13.9. The van der Waals surface area contributed by atoms with Gasteiger partial charge in [-0.15, -0.1) is 11.6 Å². The molecule has 0 fully saturated rings. The molecule has 0 aromatic heterocycles.